The number of nitrogens with two attached hydrogens (primary N) is 1. The van der Waals surface area contributed by atoms with Crippen LogP contribution in [0.2, 0.25) is 0 Å². The van der Waals surface area contributed by atoms with Crippen molar-refractivity contribution in [2.24, 2.45) is 5.73 Å². The van der Waals surface area contributed by atoms with Gasteiger partial charge in [0.05, 0.1) is 40.4 Å². The van der Waals surface area contributed by atoms with Crippen molar-refractivity contribution in [3.63, 3.8) is 0 Å². The van der Waals surface area contributed by atoms with Gasteiger partial charge in [0.25, 0.3) is 0 Å². The Hall–Kier alpha value is -2.57. The van der Waals surface area contributed by atoms with E-state index in [9.17, 15) is 0 Å². The van der Waals surface area contributed by atoms with E-state index in [4.69, 9.17) is 20.2 Å². The molecule has 0 bridgehead atoms. The summed E-state index contributed by atoms with van der Waals surface area (Å²) in [5, 5.41) is 4.75. The van der Waals surface area contributed by atoms with E-state index in [1.54, 1.807) is 0 Å². The summed E-state index contributed by atoms with van der Waals surface area (Å²) in [5.41, 5.74) is 7.50. The van der Waals surface area contributed by atoms with Crippen molar-refractivity contribution in [2.45, 2.75) is 71.1 Å². The third kappa shape index (κ3) is 4.95. The summed E-state index contributed by atoms with van der Waals surface area (Å²) >= 11 is 3.04. The third-order valence-corrected chi connectivity index (χ3v) is 8.64. The van der Waals surface area contributed by atoms with Crippen LogP contribution < -0.4 is 20.1 Å². The van der Waals surface area contributed by atoms with Gasteiger partial charge in [-0.3, -0.25) is 9.58 Å². The Morgan fingerprint density at radius 1 is 1.05 bits per heavy atom. The van der Waals surface area contributed by atoms with Crippen molar-refractivity contribution in [3.8, 4) is 11.8 Å². The Morgan fingerprint density at radius 2 is 1.79 bits per heavy atom. The van der Waals surface area contributed by atoms with Crippen LogP contribution in [0.1, 0.15) is 57.3 Å². The molecular formula is C27H36BrF2N7O2. The fourth-order valence-corrected chi connectivity index (χ4v) is 6.52. The first kappa shape index (κ1) is 28.0. The van der Waals surface area contributed by atoms with Gasteiger partial charge in [0, 0.05) is 19.6 Å². The average molecular weight is 609 g/mol. The number of methoxy groups -OCH3 is 1. The molecule has 0 saturated carbocycles. The van der Waals surface area contributed by atoms with Crippen LogP contribution in [0.5, 0.6) is 11.8 Å². The molecule has 0 atom stereocenters. The van der Waals surface area contributed by atoms with Crippen LogP contribution in [0.4, 0.5) is 14.6 Å². The highest BCUT2D eigenvalue weighted by Gasteiger charge is 2.45. The van der Waals surface area contributed by atoms with Gasteiger partial charge in [0.1, 0.15) is 17.9 Å². The molecule has 3 aliphatic heterocycles. The smallest absolute Gasteiger partial charge is 0.319 e. The van der Waals surface area contributed by atoms with E-state index in [0.29, 0.717) is 38.6 Å². The van der Waals surface area contributed by atoms with Gasteiger partial charge in [-0.2, -0.15) is 15.1 Å². The Labute approximate surface area is 235 Å². The van der Waals surface area contributed by atoms with Gasteiger partial charge in [-0.05, 0) is 67.2 Å². The van der Waals surface area contributed by atoms with Crippen LogP contribution in [0.3, 0.4) is 0 Å². The quantitative estimate of drug-likeness (QED) is 0.400. The van der Waals surface area contributed by atoms with Gasteiger partial charge >= 0.3 is 6.01 Å². The Morgan fingerprint density at radius 3 is 2.49 bits per heavy atom. The molecule has 0 unspecified atom stereocenters. The molecule has 2 aromatic heterocycles. The summed E-state index contributed by atoms with van der Waals surface area (Å²) in [7, 11) is 1.36. The highest BCUT2D eigenvalue weighted by molar-refractivity contribution is 9.10. The van der Waals surface area contributed by atoms with Crippen molar-refractivity contribution in [1.29, 1.82) is 0 Å². The van der Waals surface area contributed by atoms with Gasteiger partial charge in [-0.15, -0.1) is 0 Å². The predicted molar refractivity (Wildman–Crippen MR) is 149 cm³/mol. The fraction of sp³-hybridized carbons (Fsp3) is 0.593. The van der Waals surface area contributed by atoms with Crippen molar-refractivity contribution in [3.05, 3.63) is 33.6 Å². The van der Waals surface area contributed by atoms with Gasteiger partial charge < -0.3 is 20.1 Å². The number of fused-ring (bicyclic) bond motifs is 3. The Kier molecular flexibility index (Phi) is 8.25. The molecule has 39 heavy (non-hydrogen) atoms. The van der Waals surface area contributed by atoms with E-state index in [0.717, 1.165) is 56.6 Å². The monoisotopic (exact) mass is 607 g/mol. The number of nitrogens with zero attached hydrogens (tertiary/aromatic N) is 6. The summed E-state index contributed by atoms with van der Waals surface area (Å²) < 4.78 is 43.9. The topological polar surface area (TPSA) is 94.6 Å². The van der Waals surface area contributed by atoms with Crippen molar-refractivity contribution in [2.75, 3.05) is 38.3 Å². The number of anilines is 1. The third-order valence-electron chi connectivity index (χ3n) is 7.95. The summed E-state index contributed by atoms with van der Waals surface area (Å²) in [5.74, 6) is -1.38. The second-order valence-corrected chi connectivity index (χ2v) is 10.9. The van der Waals surface area contributed by atoms with Crippen LogP contribution in [-0.4, -0.2) is 63.5 Å². The number of rotatable bonds is 6. The van der Waals surface area contributed by atoms with E-state index in [2.05, 4.69) is 30.9 Å². The molecule has 0 amide bonds. The van der Waals surface area contributed by atoms with Crippen molar-refractivity contribution in [1.82, 2.24) is 24.6 Å². The Balaban J connectivity index is 0.00000151. The lowest BCUT2D eigenvalue weighted by Crippen LogP contribution is -2.43. The minimum atomic E-state index is -0.831. The highest BCUT2D eigenvalue weighted by atomic mass is 79.9. The Bertz CT molecular complexity index is 1340. The fourth-order valence-electron chi connectivity index (χ4n) is 6.15. The summed E-state index contributed by atoms with van der Waals surface area (Å²) in [6.45, 7) is 8.67. The first-order chi connectivity index (χ1) is 18.9. The zero-order valence-corrected chi connectivity index (χ0v) is 24.4. The lowest BCUT2D eigenvalue weighted by atomic mass is 9.95. The van der Waals surface area contributed by atoms with Crippen molar-refractivity contribution >= 4 is 32.7 Å². The van der Waals surface area contributed by atoms with Crippen LogP contribution in [-0.2, 0) is 19.6 Å². The molecule has 6 rings (SSSR count). The van der Waals surface area contributed by atoms with Crippen LogP contribution in [0.15, 0.2) is 10.5 Å². The first-order valence-corrected chi connectivity index (χ1v) is 14.5. The maximum Gasteiger partial charge on any atom is 0.319 e. The van der Waals surface area contributed by atoms with Crippen molar-refractivity contribution < 1.29 is 18.3 Å². The van der Waals surface area contributed by atoms with E-state index in [1.807, 2.05) is 29.5 Å². The SMILES string of the molecule is CC.COc1c(F)c(Br)c(F)c2nc(OCC34CCCN3CCC4)nc(N3CCCn4nc(CN)cc4C3)c12. The lowest BCUT2D eigenvalue weighted by Gasteiger charge is -2.31. The molecule has 3 aliphatic rings. The number of hydrogen-bond acceptors (Lipinski definition) is 8. The molecule has 0 radical (unpaired) electrons. The van der Waals surface area contributed by atoms with Crippen LogP contribution in [0, 0.1) is 11.6 Å². The van der Waals surface area contributed by atoms with Gasteiger partial charge in [-0.25, -0.2) is 8.78 Å². The predicted octanol–water partition coefficient (Wildman–Crippen LogP) is 4.78. The molecule has 9 nitrogen and oxygen atoms in total. The number of aromatic nitrogens is 4. The standard InChI is InChI=1S/C25H30BrF2N7O2.C2H6/c1-36-22-17-21(19(27)18(26)20(22)28)30-24(37-14-25-5-2-8-34(25)9-3-6-25)31-23(17)33-7-4-10-35-16(13-33)11-15(12-29)32-35;1-2/h11H,2-10,12-14,29H2,1H3;1-2H3. The van der Waals surface area contributed by atoms with E-state index in [1.165, 1.54) is 7.11 Å². The van der Waals surface area contributed by atoms with Crippen LogP contribution in [0.25, 0.3) is 10.9 Å². The lowest BCUT2D eigenvalue weighted by molar-refractivity contribution is 0.108. The molecule has 2 N–H and O–H groups in total. The first-order valence-electron chi connectivity index (χ1n) is 13.7. The number of halogens is 3. The summed E-state index contributed by atoms with van der Waals surface area (Å²) in [4.78, 5) is 13.7. The van der Waals surface area contributed by atoms with E-state index >= 15 is 8.78 Å². The summed E-state index contributed by atoms with van der Waals surface area (Å²) in [6, 6.07) is 2.04. The maximum absolute atomic E-state index is 15.5. The summed E-state index contributed by atoms with van der Waals surface area (Å²) in [6.07, 6.45) is 5.16. The van der Waals surface area contributed by atoms with E-state index < -0.39 is 11.6 Å². The zero-order chi connectivity index (χ0) is 27.7. The normalized spacial score (nSPS) is 18.4. The van der Waals surface area contributed by atoms with E-state index in [-0.39, 0.29) is 32.7 Å². The molecule has 1 aromatic carbocycles. The second kappa shape index (κ2) is 11.5. The molecule has 2 saturated heterocycles. The molecule has 3 aromatic rings. The molecule has 12 heteroatoms. The molecule has 0 aliphatic carbocycles. The van der Waals surface area contributed by atoms with Crippen LogP contribution >= 0.6 is 15.9 Å². The van der Waals surface area contributed by atoms with Gasteiger partial charge in [0.2, 0.25) is 0 Å². The van der Waals surface area contributed by atoms with Gasteiger partial charge in [-0.1, -0.05) is 13.8 Å². The second-order valence-electron chi connectivity index (χ2n) is 10.1. The minimum Gasteiger partial charge on any atom is -0.493 e. The largest absolute Gasteiger partial charge is 0.493 e. The number of aryl methyl sites for hydroxylation is 1. The van der Waals surface area contributed by atoms with Gasteiger partial charge in [0.15, 0.2) is 17.4 Å². The molecular weight excluding hydrogens is 572 g/mol. The zero-order valence-electron chi connectivity index (χ0n) is 22.8. The minimum absolute atomic E-state index is 0.0220. The number of hydrogen-bond donors (Lipinski definition) is 1. The average Bonchev–Trinajstić information content (AvgIpc) is 3.62. The molecule has 5 heterocycles. The number of ether oxygens (including phenoxy) is 2. The maximum atomic E-state index is 15.5. The molecule has 212 valence electrons. The molecule has 0 spiro atoms. The number of benzene rings is 1. The highest BCUT2D eigenvalue weighted by Crippen LogP contribution is 2.43. The molecule has 2 fully saturated rings.